The molecule has 0 radical (unpaired) electrons. The number of halogens is 3. The molecular formula is C28H25F3N2O5. The maximum absolute atomic E-state index is 13.3. The lowest BCUT2D eigenvalue weighted by Crippen LogP contribution is -2.29. The molecule has 1 saturated heterocycles. The number of rotatable bonds is 7. The van der Waals surface area contributed by atoms with E-state index < -0.39 is 29.8 Å². The summed E-state index contributed by atoms with van der Waals surface area (Å²) in [6, 6.07) is 11.8. The maximum atomic E-state index is 13.3. The van der Waals surface area contributed by atoms with Crippen molar-refractivity contribution in [2.75, 3.05) is 11.5 Å². The van der Waals surface area contributed by atoms with Crippen LogP contribution in [0, 0.1) is 0 Å². The van der Waals surface area contributed by atoms with Gasteiger partial charge in [-0.05, 0) is 72.5 Å². The van der Waals surface area contributed by atoms with Crippen LogP contribution in [-0.4, -0.2) is 34.8 Å². The SMILES string of the molecule is CCOc1ccc(/C(O)=C2/C(=O)C(=O)N(c3ccc(OC(F)(F)F)cc3)C2c2cccnc2)cc1C(C)C. The highest BCUT2D eigenvalue weighted by molar-refractivity contribution is 6.51. The molecule has 1 unspecified atom stereocenters. The summed E-state index contributed by atoms with van der Waals surface area (Å²) in [6.45, 7) is 6.23. The van der Waals surface area contributed by atoms with E-state index in [0.29, 0.717) is 23.5 Å². The molecule has 1 atom stereocenters. The number of ether oxygens (including phenoxy) is 2. The second-order valence-corrected chi connectivity index (χ2v) is 8.84. The number of nitrogens with zero attached hydrogens (tertiary/aromatic N) is 2. The molecule has 1 aliphatic rings. The Morgan fingerprint density at radius 3 is 2.39 bits per heavy atom. The van der Waals surface area contributed by atoms with Gasteiger partial charge in [-0.15, -0.1) is 13.2 Å². The third-order valence-corrected chi connectivity index (χ3v) is 6.00. The molecule has 3 aromatic rings. The van der Waals surface area contributed by atoms with Gasteiger partial charge in [-0.2, -0.15) is 0 Å². The lowest BCUT2D eigenvalue weighted by atomic mass is 9.93. The molecule has 0 saturated carbocycles. The van der Waals surface area contributed by atoms with Crippen LogP contribution in [0.5, 0.6) is 11.5 Å². The summed E-state index contributed by atoms with van der Waals surface area (Å²) < 4.78 is 47.4. The predicted molar refractivity (Wildman–Crippen MR) is 134 cm³/mol. The number of hydrogen-bond donors (Lipinski definition) is 1. The van der Waals surface area contributed by atoms with Gasteiger partial charge >= 0.3 is 6.36 Å². The van der Waals surface area contributed by atoms with Crippen molar-refractivity contribution in [2.45, 2.75) is 39.1 Å². The number of ketones is 1. The predicted octanol–water partition coefficient (Wildman–Crippen LogP) is 6.13. The topological polar surface area (TPSA) is 89.0 Å². The number of aliphatic hydroxyl groups is 1. The average molecular weight is 527 g/mol. The van der Waals surface area contributed by atoms with Crippen molar-refractivity contribution in [2.24, 2.45) is 0 Å². The molecule has 1 fully saturated rings. The highest BCUT2D eigenvalue weighted by atomic mass is 19.4. The molecule has 2 heterocycles. The Balaban J connectivity index is 1.85. The van der Waals surface area contributed by atoms with E-state index >= 15 is 0 Å². The first-order chi connectivity index (χ1) is 18.0. The van der Waals surface area contributed by atoms with Gasteiger partial charge < -0.3 is 14.6 Å². The van der Waals surface area contributed by atoms with E-state index in [1.54, 1.807) is 30.3 Å². The second-order valence-electron chi connectivity index (χ2n) is 8.84. The van der Waals surface area contributed by atoms with Gasteiger partial charge in [0, 0.05) is 23.6 Å². The molecule has 0 bridgehead atoms. The molecule has 0 aliphatic carbocycles. The van der Waals surface area contributed by atoms with Gasteiger partial charge in [0.15, 0.2) is 0 Å². The first-order valence-electron chi connectivity index (χ1n) is 11.9. The first-order valence-corrected chi connectivity index (χ1v) is 11.9. The van der Waals surface area contributed by atoms with Gasteiger partial charge in [-0.1, -0.05) is 19.9 Å². The van der Waals surface area contributed by atoms with Crippen molar-refractivity contribution < 1.29 is 37.3 Å². The standard InChI is InChI=1S/C28H25F3N2O5/c1-4-37-22-12-7-17(14-21(22)16(2)3)25(34)23-24(18-6-5-13-32-15-18)33(27(36)26(23)35)19-8-10-20(11-9-19)38-28(29,30)31/h5-16,24,34H,4H2,1-3H3/b25-23-. The maximum Gasteiger partial charge on any atom is 0.573 e. The number of alkyl halides is 3. The fraction of sp³-hybridized carbons (Fsp3) is 0.250. The van der Waals surface area contributed by atoms with Crippen molar-refractivity contribution in [3.8, 4) is 11.5 Å². The number of carbonyl (C=O) groups excluding carboxylic acids is 2. The van der Waals surface area contributed by atoms with Crippen LogP contribution in [0.2, 0.25) is 0 Å². The van der Waals surface area contributed by atoms with Gasteiger partial charge in [0.25, 0.3) is 11.7 Å². The molecule has 38 heavy (non-hydrogen) atoms. The molecule has 2 aromatic carbocycles. The molecule has 0 spiro atoms. The highest BCUT2D eigenvalue weighted by Crippen LogP contribution is 2.43. The second kappa shape index (κ2) is 10.6. The summed E-state index contributed by atoms with van der Waals surface area (Å²) in [5, 5.41) is 11.4. The Labute approximate surface area is 217 Å². The minimum absolute atomic E-state index is 0.0401. The quantitative estimate of drug-likeness (QED) is 0.226. The molecule has 1 N–H and O–H groups in total. The molecule has 7 nitrogen and oxygen atoms in total. The van der Waals surface area contributed by atoms with E-state index in [9.17, 15) is 27.9 Å². The highest BCUT2D eigenvalue weighted by Gasteiger charge is 2.47. The number of aromatic nitrogens is 1. The largest absolute Gasteiger partial charge is 0.573 e. The summed E-state index contributed by atoms with van der Waals surface area (Å²) in [5.74, 6) is -2.07. The third-order valence-electron chi connectivity index (χ3n) is 6.00. The first kappa shape index (κ1) is 26.7. The summed E-state index contributed by atoms with van der Waals surface area (Å²) in [4.78, 5) is 31.8. The molecule has 1 aromatic heterocycles. The van der Waals surface area contributed by atoms with Gasteiger partial charge in [0.2, 0.25) is 0 Å². The number of Topliss-reactive ketones (excluding diaryl/α,β-unsaturated/α-hetero) is 1. The summed E-state index contributed by atoms with van der Waals surface area (Å²) in [7, 11) is 0. The van der Waals surface area contributed by atoms with Gasteiger partial charge in [-0.3, -0.25) is 19.5 Å². The van der Waals surface area contributed by atoms with Crippen LogP contribution in [0.15, 0.2) is 72.6 Å². The number of hydrogen-bond acceptors (Lipinski definition) is 6. The number of anilines is 1. The molecule has 1 aliphatic heterocycles. The van der Waals surface area contributed by atoms with E-state index in [-0.39, 0.29) is 22.9 Å². The van der Waals surface area contributed by atoms with Crippen LogP contribution in [0.25, 0.3) is 5.76 Å². The molecule has 198 valence electrons. The fourth-order valence-electron chi connectivity index (χ4n) is 4.35. The Morgan fingerprint density at radius 1 is 1.11 bits per heavy atom. The Bertz CT molecular complexity index is 1370. The van der Waals surface area contributed by atoms with Crippen molar-refractivity contribution in [1.82, 2.24) is 4.98 Å². The van der Waals surface area contributed by atoms with Gasteiger partial charge in [-0.25, -0.2) is 0 Å². The summed E-state index contributed by atoms with van der Waals surface area (Å²) in [5.41, 5.74) is 1.53. The van der Waals surface area contributed by atoms with Crippen LogP contribution in [0.3, 0.4) is 0 Å². The van der Waals surface area contributed by atoms with Crippen LogP contribution < -0.4 is 14.4 Å². The Kier molecular flexibility index (Phi) is 7.43. The van der Waals surface area contributed by atoms with Crippen molar-refractivity contribution in [3.63, 3.8) is 0 Å². The van der Waals surface area contributed by atoms with Crippen LogP contribution in [0.1, 0.15) is 49.4 Å². The number of pyridine rings is 1. The van der Waals surface area contributed by atoms with Crippen molar-refractivity contribution in [1.29, 1.82) is 0 Å². The lowest BCUT2D eigenvalue weighted by Gasteiger charge is -2.25. The van der Waals surface area contributed by atoms with E-state index in [0.717, 1.165) is 22.6 Å². The summed E-state index contributed by atoms with van der Waals surface area (Å²) >= 11 is 0. The number of amides is 1. The van der Waals surface area contributed by atoms with Crippen LogP contribution in [0.4, 0.5) is 18.9 Å². The average Bonchev–Trinajstić information content (AvgIpc) is 3.14. The minimum Gasteiger partial charge on any atom is -0.507 e. The third kappa shape index (κ3) is 5.34. The number of benzene rings is 2. The summed E-state index contributed by atoms with van der Waals surface area (Å²) in [6.07, 6.45) is -1.91. The Hall–Kier alpha value is -4.34. The monoisotopic (exact) mass is 526 g/mol. The van der Waals surface area contributed by atoms with Crippen LogP contribution in [-0.2, 0) is 9.59 Å². The van der Waals surface area contributed by atoms with Crippen molar-refractivity contribution in [3.05, 3.63) is 89.3 Å². The smallest absolute Gasteiger partial charge is 0.507 e. The van der Waals surface area contributed by atoms with E-state index in [4.69, 9.17) is 4.74 Å². The van der Waals surface area contributed by atoms with Crippen molar-refractivity contribution >= 4 is 23.1 Å². The lowest BCUT2D eigenvalue weighted by molar-refractivity contribution is -0.274. The zero-order valence-corrected chi connectivity index (χ0v) is 20.8. The zero-order chi connectivity index (χ0) is 27.6. The fourth-order valence-corrected chi connectivity index (χ4v) is 4.35. The normalized spacial score (nSPS) is 17.2. The van der Waals surface area contributed by atoms with E-state index in [1.165, 1.54) is 24.5 Å². The molecule has 1 amide bonds. The molecular weight excluding hydrogens is 501 g/mol. The van der Waals surface area contributed by atoms with E-state index in [2.05, 4.69) is 9.72 Å². The number of carbonyl (C=O) groups is 2. The molecule has 4 rings (SSSR count). The molecule has 10 heteroatoms. The minimum atomic E-state index is -4.88. The van der Waals surface area contributed by atoms with Crippen LogP contribution >= 0.6 is 0 Å². The van der Waals surface area contributed by atoms with E-state index in [1.807, 2.05) is 20.8 Å². The number of aliphatic hydroxyl groups excluding tert-OH is 1. The Morgan fingerprint density at radius 2 is 1.82 bits per heavy atom. The zero-order valence-electron chi connectivity index (χ0n) is 20.8. The van der Waals surface area contributed by atoms with Gasteiger partial charge in [0.05, 0.1) is 18.2 Å². The van der Waals surface area contributed by atoms with Gasteiger partial charge in [0.1, 0.15) is 17.3 Å².